The predicted octanol–water partition coefficient (Wildman–Crippen LogP) is 2.26. The SMILES string of the molecule is Cc1ccccc1N(C)C(=O)c1ccon1. The molecule has 0 radical (unpaired) electrons. The van der Waals surface area contributed by atoms with E-state index in [9.17, 15) is 4.79 Å². The molecule has 1 aromatic heterocycles. The summed E-state index contributed by atoms with van der Waals surface area (Å²) >= 11 is 0. The van der Waals surface area contributed by atoms with Gasteiger partial charge in [0.25, 0.3) is 5.91 Å². The van der Waals surface area contributed by atoms with E-state index in [1.165, 1.54) is 6.26 Å². The lowest BCUT2D eigenvalue weighted by Crippen LogP contribution is -2.27. The molecule has 4 nitrogen and oxygen atoms in total. The first-order valence-electron chi connectivity index (χ1n) is 4.94. The van der Waals surface area contributed by atoms with E-state index in [1.54, 1.807) is 18.0 Å². The lowest BCUT2D eigenvalue weighted by Gasteiger charge is -2.17. The molecule has 0 fully saturated rings. The number of carbonyl (C=O) groups excluding carboxylic acids is 1. The molecule has 0 bridgehead atoms. The molecule has 1 aromatic carbocycles. The Morgan fingerprint density at radius 1 is 1.31 bits per heavy atom. The summed E-state index contributed by atoms with van der Waals surface area (Å²) < 4.78 is 4.65. The first-order valence-corrected chi connectivity index (χ1v) is 4.94. The van der Waals surface area contributed by atoms with Crippen molar-refractivity contribution in [2.24, 2.45) is 0 Å². The first kappa shape index (κ1) is 10.4. The lowest BCUT2D eigenvalue weighted by molar-refractivity contribution is 0.0984. The highest BCUT2D eigenvalue weighted by Gasteiger charge is 2.16. The molecule has 0 spiro atoms. The van der Waals surface area contributed by atoms with Gasteiger partial charge >= 0.3 is 0 Å². The van der Waals surface area contributed by atoms with Gasteiger partial charge in [0.05, 0.1) is 0 Å². The standard InChI is InChI=1S/C12H12N2O2/c1-9-5-3-4-6-11(9)14(2)12(15)10-7-8-16-13-10/h3-8H,1-2H3. The van der Waals surface area contributed by atoms with Gasteiger partial charge in [-0.15, -0.1) is 0 Å². The van der Waals surface area contributed by atoms with Gasteiger partial charge in [-0.25, -0.2) is 0 Å². The van der Waals surface area contributed by atoms with Crippen molar-refractivity contribution in [3.8, 4) is 0 Å². The molecule has 82 valence electrons. The molecule has 0 unspecified atom stereocenters. The second-order valence-electron chi connectivity index (χ2n) is 3.54. The van der Waals surface area contributed by atoms with Crippen molar-refractivity contribution in [3.05, 3.63) is 47.9 Å². The van der Waals surface area contributed by atoms with Crippen LogP contribution < -0.4 is 4.90 Å². The van der Waals surface area contributed by atoms with Crippen LogP contribution in [0.2, 0.25) is 0 Å². The van der Waals surface area contributed by atoms with Gasteiger partial charge in [0.1, 0.15) is 6.26 Å². The van der Waals surface area contributed by atoms with Crippen LogP contribution in [0.4, 0.5) is 5.69 Å². The van der Waals surface area contributed by atoms with Crippen molar-refractivity contribution in [1.82, 2.24) is 5.16 Å². The number of hydrogen-bond acceptors (Lipinski definition) is 3. The Bertz CT molecular complexity index is 491. The number of nitrogens with zero attached hydrogens (tertiary/aromatic N) is 2. The van der Waals surface area contributed by atoms with E-state index in [2.05, 4.69) is 9.68 Å². The third-order valence-electron chi connectivity index (χ3n) is 2.44. The Morgan fingerprint density at radius 3 is 2.69 bits per heavy atom. The number of aryl methyl sites for hydroxylation is 1. The maximum absolute atomic E-state index is 12.0. The van der Waals surface area contributed by atoms with Crippen LogP contribution >= 0.6 is 0 Å². The van der Waals surface area contributed by atoms with Crippen LogP contribution in [-0.2, 0) is 0 Å². The molecule has 0 aliphatic rings. The van der Waals surface area contributed by atoms with E-state index < -0.39 is 0 Å². The molecular formula is C12H12N2O2. The summed E-state index contributed by atoms with van der Waals surface area (Å²) in [5.41, 5.74) is 2.23. The van der Waals surface area contributed by atoms with Crippen LogP contribution in [0.5, 0.6) is 0 Å². The maximum atomic E-state index is 12.0. The third kappa shape index (κ3) is 1.82. The highest BCUT2D eigenvalue weighted by Crippen LogP contribution is 2.19. The van der Waals surface area contributed by atoms with E-state index in [4.69, 9.17) is 0 Å². The number of hydrogen-bond donors (Lipinski definition) is 0. The van der Waals surface area contributed by atoms with Gasteiger partial charge < -0.3 is 9.42 Å². The van der Waals surface area contributed by atoms with E-state index in [0.29, 0.717) is 5.69 Å². The predicted molar refractivity (Wildman–Crippen MR) is 60.4 cm³/mol. The summed E-state index contributed by atoms with van der Waals surface area (Å²) in [4.78, 5) is 13.5. The summed E-state index contributed by atoms with van der Waals surface area (Å²) in [6.45, 7) is 1.96. The van der Waals surface area contributed by atoms with Crippen molar-refractivity contribution >= 4 is 11.6 Å². The number of benzene rings is 1. The minimum Gasteiger partial charge on any atom is -0.364 e. The van der Waals surface area contributed by atoms with Crippen LogP contribution in [-0.4, -0.2) is 18.1 Å². The van der Waals surface area contributed by atoms with Crippen LogP contribution in [0.3, 0.4) is 0 Å². The summed E-state index contributed by atoms with van der Waals surface area (Å²) in [6.07, 6.45) is 1.39. The second kappa shape index (κ2) is 4.18. The zero-order valence-corrected chi connectivity index (χ0v) is 9.18. The quantitative estimate of drug-likeness (QED) is 0.773. The minimum absolute atomic E-state index is 0.178. The summed E-state index contributed by atoms with van der Waals surface area (Å²) in [5, 5.41) is 3.63. The molecule has 0 N–H and O–H groups in total. The Balaban J connectivity index is 2.30. The number of aromatic nitrogens is 1. The van der Waals surface area contributed by atoms with Crippen molar-refractivity contribution < 1.29 is 9.32 Å². The van der Waals surface area contributed by atoms with E-state index in [1.807, 2.05) is 31.2 Å². The van der Waals surface area contributed by atoms with Gasteiger partial charge in [0.15, 0.2) is 5.69 Å². The number of para-hydroxylation sites is 1. The molecule has 0 atom stereocenters. The molecular weight excluding hydrogens is 204 g/mol. The smallest absolute Gasteiger partial charge is 0.280 e. The number of carbonyl (C=O) groups is 1. The Hall–Kier alpha value is -2.10. The van der Waals surface area contributed by atoms with E-state index in [-0.39, 0.29) is 5.91 Å². The van der Waals surface area contributed by atoms with Crippen LogP contribution in [0.15, 0.2) is 41.1 Å². The fourth-order valence-corrected chi connectivity index (χ4v) is 1.54. The Morgan fingerprint density at radius 2 is 2.06 bits per heavy atom. The Kier molecular flexibility index (Phi) is 2.72. The second-order valence-corrected chi connectivity index (χ2v) is 3.54. The monoisotopic (exact) mass is 216 g/mol. The molecule has 2 aromatic rings. The zero-order valence-electron chi connectivity index (χ0n) is 9.18. The molecule has 0 saturated heterocycles. The first-order chi connectivity index (χ1) is 7.70. The lowest BCUT2D eigenvalue weighted by atomic mass is 10.2. The topological polar surface area (TPSA) is 46.3 Å². The molecule has 16 heavy (non-hydrogen) atoms. The summed E-state index contributed by atoms with van der Waals surface area (Å²) in [5.74, 6) is -0.178. The van der Waals surface area contributed by atoms with Crippen molar-refractivity contribution in [2.75, 3.05) is 11.9 Å². The molecule has 0 aliphatic heterocycles. The fourth-order valence-electron chi connectivity index (χ4n) is 1.54. The minimum atomic E-state index is -0.178. The zero-order chi connectivity index (χ0) is 11.5. The van der Waals surface area contributed by atoms with Gasteiger partial charge in [-0.3, -0.25) is 4.79 Å². The summed E-state index contributed by atoms with van der Waals surface area (Å²) in [7, 11) is 1.72. The van der Waals surface area contributed by atoms with Gasteiger partial charge in [0, 0.05) is 18.8 Å². The number of anilines is 1. The highest BCUT2D eigenvalue weighted by molar-refractivity contribution is 6.04. The number of amides is 1. The fraction of sp³-hybridized carbons (Fsp3) is 0.167. The van der Waals surface area contributed by atoms with Crippen LogP contribution in [0.25, 0.3) is 0 Å². The molecule has 0 aliphatic carbocycles. The molecule has 2 rings (SSSR count). The normalized spacial score (nSPS) is 10.1. The van der Waals surface area contributed by atoms with Crippen molar-refractivity contribution in [2.45, 2.75) is 6.92 Å². The Labute approximate surface area is 93.5 Å². The van der Waals surface area contributed by atoms with Crippen molar-refractivity contribution in [1.29, 1.82) is 0 Å². The summed E-state index contributed by atoms with van der Waals surface area (Å²) in [6, 6.07) is 9.24. The van der Waals surface area contributed by atoms with Gasteiger partial charge in [-0.05, 0) is 18.6 Å². The average molecular weight is 216 g/mol. The molecule has 1 amide bonds. The maximum Gasteiger partial charge on any atom is 0.280 e. The molecule has 4 heteroatoms. The number of rotatable bonds is 2. The third-order valence-corrected chi connectivity index (χ3v) is 2.44. The average Bonchev–Trinajstić information content (AvgIpc) is 2.81. The van der Waals surface area contributed by atoms with E-state index >= 15 is 0 Å². The molecule has 1 heterocycles. The largest absolute Gasteiger partial charge is 0.364 e. The highest BCUT2D eigenvalue weighted by atomic mass is 16.5. The van der Waals surface area contributed by atoms with Gasteiger partial charge in [-0.1, -0.05) is 23.4 Å². The van der Waals surface area contributed by atoms with Crippen LogP contribution in [0.1, 0.15) is 16.1 Å². The van der Waals surface area contributed by atoms with Gasteiger partial charge in [-0.2, -0.15) is 0 Å². The van der Waals surface area contributed by atoms with Gasteiger partial charge in [0.2, 0.25) is 0 Å². The molecule has 0 saturated carbocycles. The van der Waals surface area contributed by atoms with E-state index in [0.717, 1.165) is 11.3 Å². The van der Waals surface area contributed by atoms with Crippen molar-refractivity contribution in [3.63, 3.8) is 0 Å². The van der Waals surface area contributed by atoms with Crippen LogP contribution in [0, 0.1) is 6.92 Å².